The Morgan fingerprint density at radius 1 is 1.22 bits per heavy atom. The van der Waals surface area contributed by atoms with Gasteiger partial charge in [-0.1, -0.05) is 19.3 Å². The van der Waals surface area contributed by atoms with E-state index in [2.05, 4.69) is 10.6 Å². The van der Waals surface area contributed by atoms with Gasteiger partial charge in [0.05, 0.1) is 6.42 Å². The van der Waals surface area contributed by atoms with Crippen molar-refractivity contribution in [2.75, 3.05) is 0 Å². The highest BCUT2D eigenvalue weighted by Gasteiger charge is 2.22. The number of carbonyl (C=O) groups is 2. The fourth-order valence-corrected chi connectivity index (χ4v) is 2.32. The van der Waals surface area contributed by atoms with Crippen LogP contribution in [0, 0.1) is 0 Å². The summed E-state index contributed by atoms with van der Waals surface area (Å²) >= 11 is 5.00. The fourth-order valence-electron chi connectivity index (χ4n) is 2.01. The molecule has 0 radical (unpaired) electrons. The van der Waals surface area contributed by atoms with Crippen molar-refractivity contribution in [3.8, 4) is 0 Å². The van der Waals surface area contributed by atoms with E-state index in [1.165, 1.54) is 6.42 Å². The number of hydrogen-bond acceptors (Lipinski definition) is 3. The average molecular weight is 274 g/mol. The van der Waals surface area contributed by atoms with Gasteiger partial charge in [0.2, 0.25) is 0 Å². The maximum absolute atomic E-state index is 10.8. The molecule has 7 heteroatoms. The molecule has 0 aliphatic heterocycles. The maximum atomic E-state index is 10.8. The van der Waals surface area contributed by atoms with Crippen LogP contribution >= 0.6 is 12.2 Å². The molecule has 1 aliphatic rings. The number of hydrogen-bond donors (Lipinski definition) is 4. The minimum Gasteiger partial charge on any atom is -0.481 e. The van der Waals surface area contributed by atoms with Crippen LogP contribution in [-0.4, -0.2) is 39.3 Å². The number of aliphatic carboxylic acids is 2. The van der Waals surface area contributed by atoms with Gasteiger partial charge in [0.25, 0.3) is 0 Å². The van der Waals surface area contributed by atoms with Crippen LogP contribution < -0.4 is 10.6 Å². The predicted octanol–water partition coefficient (Wildman–Crippen LogP) is 0.711. The molecule has 18 heavy (non-hydrogen) atoms. The van der Waals surface area contributed by atoms with Crippen molar-refractivity contribution in [2.24, 2.45) is 0 Å². The molecule has 1 atom stereocenters. The predicted molar refractivity (Wildman–Crippen MR) is 69.4 cm³/mol. The molecule has 0 aromatic rings. The molecule has 1 saturated carbocycles. The molecule has 0 heterocycles. The zero-order chi connectivity index (χ0) is 13.5. The molecular formula is C11H18N2O4S. The van der Waals surface area contributed by atoms with Crippen molar-refractivity contribution in [3.63, 3.8) is 0 Å². The largest absolute Gasteiger partial charge is 0.481 e. The van der Waals surface area contributed by atoms with Crippen molar-refractivity contribution in [1.82, 2.24) is 10.6 Å². The highest BCUT2D eigenvalue weighted by atomic mass is 32.1. The van der Waals surface area contributed by atoms with Gasteiger partial charge in [-0.3, -0.25) is 4.79 Å². The van der Waals surface area contributed by atoms with Gasteiger partial charge in [0, 0.05) is 6.04 Å². The van der Waals surface area contributed by atoms with Gasteiger partial charge in [0.15, 0.2) is 5.11 Å². The van der Waals surface area contributed by atoms with Crippen molar-refractivity contribution >= 4 is 29.3 Å². The van der Waals surface area contributed by atoms with Crippen molar-refractivity contribution in [1.29, 1.82) is 0 Å². The van der Waals surface area contributed by atoms with E-state index in [1.54, 1.807) is 0 Å². The Labute approximate surface area is 111 Å². The molecule has 0 aromatic carbocycles. The topological polar surface area (TPSA) is 98.7 Å². The Bertz CT molecular complexity index is 329. The fraction of sp³-hybridized carbons (Fsp3) is 0.727. The molecule has 0 bridgehead atoms. The molecule has 0 aromatic heterocycles. The Hall–Kier alpha value is -1.37. The highest BCUT2D eigenvalue weighted by Crippen LogP contribution is 2.17. The van der Waals surface area contributed by atoms with Crippen LogP contribution in [0.2, 0.25) is 0 Å². The third-order valence-electron chi connectivity index (χ3n) is 2.92. The third kappa shape index (κ3) is 5.31. The lowest BCUT2D eigenvalue weighted by Crippen LogP contribution is -2.49. The molecular weight excluding hydrogens is 256 g/mol. The minimum atomic E-state index is -1.22. The SMILES string of the molecule is O=C(O)CC(NC(=S)NC1CCCCC1)C(=O)O. The summed E-state index contributed by atoms with van der Waals surface area (Å²) in [5, 5.41) is 23.3. The zero-order valence-corrected chi connectivity index (χ0v) is 10.8. The molecule has 4 N–H and O–H groups in total. The highest BCUT2D eigenvalue weighted by molar-refractivity contribution is 7.80. The lowest BCUT2D eigenvalue weighted by molar-refractivity contribution is -0.145. The molecule has 0 amide bonds. The molecule has 6 nitrogen and oxygen atoms in total. The normalized spacial score (nSPS) is 17.8. The quantitative estimate of drug-likeness (QED) is 0.548. The van der Waals surface area contributed by atoms with Crippen LogP contribution in [-0.2, 0) is 9.59 Å². The maximum Gasteiger partial charge on any atom is 0.326 e. The molecule has 1 rings (SSSR count). The Morgan fingerprint density at radius 2 is 1.83 bits per heavy atom. The minimum absolute atomic E-state index is 0.218. The summed E-state index contributed by atoms with van der Waals surface area (Å²) in [5.41, 5.74) is 0. The zero-order valence-electron chi connectivity index (χ0n) is 10.0. The first-order chi connectivity index (χ1) is 8.49. The molecule has 102 valence electrons. The molecule has 0 spiro atoms. The molecule has 1 fully saturated rings. The Kier molecular flexibility index (Phi) is 5.84. The van der Waals surface area contributed by atoms with Crippen LogP contribution in [0.5, 0.6) is 0 Å². The van der Waals surface area contributed by atoms with E-state index in [0.29, 0.717) is 0 Å². The summed E-state index contributed by atoms with van der Waals surface area (Å²) in [4.78, 5) is 21.4. The lowest BCUT2D eigenvalue weighted by atomic mass is 9.96. The summed E-state index contributed by atoms with van der Waals surface area (Å²) in [6.07, 6.45) is 5.02. The van der Waals surface area contributed by atoms with Gasteiger partial charge >= 0.3 is 11.9 Å². The van der Waals surface area contributed by atoms with Crippen LogP contribution in [0.15, 0.2) is 0 Å². The van der Waals surface area contributed by atoms with Crippen LogP contribution in [0.1, 0.15) is 38.5 Å². The van der Waals surface area contributed by atoms with E-state index in [9.17, 15) is 9.59 Å². The monoisotopic (exact) mass is 274 g/mol. The standard InChI is InChI=1S/C11H18N2O4S/c14-9(15)6-8(10(16)17)13-11(18)12-7-4-2-1-3-5-7/h7-8H,1-6H2,(H,14,15)(H,16,17)(H2,12,13,18). The summed E-state index contributed by atoms with van der Waals surface area (Å²) in [6, 6.07) is -0.927. The summed E-state index contributed by atoms with van der Waals surface area (Å²) in [7, 11) is 0. The van der Waals surface area contributed by atoms with E-state index in [0.717, 1.165) is 25.7 Å². The molecule has 1 unspecified atom stereocenters. The molecule has 1 aliphatic carbocycles. The van der Waals surface area contributed by atoms with Crippen LogP contribution in [0.25, 0.3) is 0 Å². The number of carboxylic acids is 2. The molecule has 0 saturated heterocycles. The van der Waals surface area contributed by atoms with E-state index in [4.69, 9.17) is 22.4 Å². The van der Waals surface area contributed by atoms with E-state index in [1.807, 2.05) is 0 Å². The number of nitrogens with one attached hydrogen (secondary N) is 2. The average Bonchev–Trinajstić information content (AvgIpc) is 2.28. The first-order valence-corrected chi connectivity index (χ1v) is 6.41. The van der Waals surface area contributed by atoms with Crippen molar-refractivity contribution in [3.05, 3.63) is 0 Å². The number of rotatable bonds is 5. The third-order valence-corrected chi connectivity index (χ3v) is 3.16. The summed E-state index contributed by atoms with van der Waals surface area (Å²) in [5.74, 6) is -2.39. The first kappa shape index (κ1) is 14.7. The number of carboxylic acid groups (broad SMARTS) is 2. The van der Waals surface area contributed by atoms with Crippen molar-refractivity contribution in [2.45, 2.75) is 50.6 Å². The van der Waals surface area contributed by atoms with Crippen LogP contribution in [0.3, 0.4) is 0 Å². The number of thiocarbonyl (C=S) groups is 1. The summed E-state index contributed by atoms with van der Waals surface area (Å²) < 4.78 is 0. The van der Waals surface area contributed by atoms with Crippen LogP contribution in [0.4, 0.5) is 0 Å². The van der Waals surface area contributed by atoms with Crippen molar-refractivity contribution < 1.29 is 19.8 Å². The van der Waals surface area contributed by atoms with Gasteiger partial charge in [-0.2, -0.15) is 0 Å². The lowest BCUT2D eigenvalue weighted by Gasteiger charge is -2.25. The first-order valence-electron chi connectivity index (χ1n) is 6.00. The van der Waals surface area contributed by atoms with E-state index in [-0.39, 0.29) is 11.2 Å². The smallest absolute Gasteiger partial charge is 0.326 e. The second-order valence-electron chi connectivity index (χ2n) is 4.44. The van der Waals surface area contributed by atoms with Gasteiger partial charge in [-0.25, -0.2) is 4.79 Å². The van der Waals surface area contributed by atoms with Gasteiger partial charge in [0.1, 0.15) is 6.04 Å². The second-order valence-corrected chi connectivity index (χ2v) is 4.85. The van der Waals surface area contributed by atoms with Gasteiger partial charge in [-0.15, -0.1) is 0 Å². The van der Waals surface area contributed by atoms with E-state index >= 15 is 0 Å². The summed E-state index contributed by atoms with van der Waals surface area (Å²) in [6.45, 7) is 0. The Balaban J connectivity index is 2.40. The second kappa shape index (κ2) is 7.15. The Morgan fingerprint density at radius 3 is 2.33 bits per heavy atom. The van der Waals surface area contributed by atoms with E-state index < -0.39 is 24.4 Å². The van der Waals surface area contributed by atoms with Gasteiger partial charge < -0.3 is 20.8 Å². The van der Waals surface area contributed by atoms with Gasteiger partial charge in [-0.05, 0) is 25.1 Å².